The van der Waals surface area contributed by atoms with Crippen molar-refractivity contribution >= 4 is 16.7 Å². The van der Waals surface area contributed by atoms with Crippen LogP contribution in [0.3, 0.4) is 0 Å². The molecule has 0 radical (unpaired) electrons. The van der Waals surface area contributed by atoms with Crippen LogP contribution in [0.25, 0.3) is 16.7 Å². The van der Waals surface area contributed by atoms with Crippen LogP contribution in [0, 0.1) is 68.5 Å². The number of nitrogens with zero attached hydrogens (tertiary/aromatic N) is 4. The molecule has 298 valence electrons. The number of nitriles is 4. The summed E-state index contributed by atoms with van der Waals surface area (Å²) in [6.07, 6.45) is -12.9. The number of rotatable bonds is 2. The molecule has 7 rings (SSSR count). The van der Waals surface area contributed by atoms with Crippen LogP contribution in [0.4, 0.5) is 52.7 Å². The number of fused-ring (bicyclic) bond motifs is 6. The molecule has 2 aromatic carbocycles. The van der Waals surface area contributed by atoms with Gasteiger partial charge >= 0.3 is 24.7 Å². The monoisotopic (exact) mass is 822 g/mol. The van der Waals surface area contributed by atoms with Crippen LogP contribution in [0.5, 0.6) is 0 Å². The maximum atomic E-state index is 13.8. The molecule has 0 spiro atoms. The Kier molecular flexibility index (Phi) is 9.32. The number of benzene rings is 2. The maximum Gasteiger partial charge on any atom is 0.416 e. The second-order valence-electron chi connectivity index (χ2n) is 14.7. The van der Waals surface area contributed by atoms with Crippen LogP contribution >= 0.6 is 0 Å². The van der Waals surface area contributed by atoms with Crippen molar-refractivity contribution in [2.45, 2.75) is 44.0 Å². The molecule has 5 aliphatic rings. The fraction of sp³-hybridized carbons (Fsp3) is 0.256. The van der Waals surface area contributed by atoms with Crippen molar-refractivity contribution in [3.05, 3.63) is 146 Å². The standard InChI is InChI=1S/C43H22F12N4/c1-39-5-4-21(23-8-28(42(50,51)52)13-29(9-23)43(53,54)55)11-36(39)38(25(18-58)19-59)34-14-31-30-3-2-20(10-32(30)37(24(16-56)17-57)33(31)15-35(34)39)22-6-26(40(44,45)46)12-27(7-22)41(47,48)49/h2-11,13-15,26,31,33,36H,12H2,1H3. The Hall–Kier alpha value is -6.52. The predicted octanol–water partition coefficient (Wildman–Crippen LogP) is 12.2. The highest BCUT2D eigenvalue weighted by Gasteiger charge is 2.53. The Morgan fingerprint density at radius 2 is 1.24 bits per heavy atom. The minimum atomic E-state index is -5.14. The number of hydrogen-bond acceptors (Lipinski definition) is 4. The molecule has 0 bridgehead atoms. The second-order valence-corrected chi connectivity index (χ2v) is 14.7. The van der Waals surface area contributed by atoms with Gasteiger partial charge in [0.25, 0.3) is 0 Å². The summed E-state index contributed by atoms with van der Waals surface area (Å²) in [4.78, 5) is 0. The first-order chi connectivity index (χ1) is 27.4. The third-order valence-electron chi connectivity index (χ3n) is 11.4. The molecular formula is C43H22F12N4. The van der Waals surface area contributed by atoms with Gasteiger partial charge in [-0.15, -0.1) is 0 Å². The molecule has 5 unspecified atom stereocenters. The van der Waals surface area contributed by atoms with Crippen LogP contribution in [0.1, 0.15) is 52.6 Å². The summed E-state index contributed by atoms with van der Waals surface area (Å²) in [6, 6.07) is 12.4. The van der Waals surface area contributed by atoms with Crippen molar-refractivity contribution in [3.63, 3.8) is 0 Å². The number of alkyl halides is 12. The van der Waals surface area contributed by atoms with Crippen LogP contribution in [-0.4, -0.2) is 12.4 Å². The first kappa shape index (κ1) is 40.7. The van der Waals surface area contributed by atoms with Gasteiger partial charge in [0, 0.05) is 28.7 Å². The van der Waals surface area contributed by atoms with E-state index in [1.54, 1.807) is 19.1 Å². The highest BCUT2D eigenvalue weighted by atomic mass is 19.4. The van der Waals surface area contributed by atoms with Crippen molar-refractivity contribution < 1.29 is 52.7 Å². The second kappa shape index (κ2) is 13.5. The molecule has 0 saturated heterocycles. The Balaban J connectivity index is 1.41. The van der Waals surface area contributed by atoms with E-state index in [1.807, 2.05) is 24.3 Å². The van der Waals surface area contributed by atoms with E-state index in [0.29, 0.717) is 41.0 Å². The van der Waals surface area contributed by atoms with Gasteiger partial charge in [0.2, 0.25) is 0 Å². The molecule has 0 amide bonds. The van der Waals surface area contributed by atoms with Gasteiger partial charge in [0.15, 0.2) is 0 Å². The van der Waals surface area contributed by atoms with E-state index in [9.17, 15) is 73.7 Å². The minimum Gasteiger partial charge on any atom is -0.192 e. The lowest BCUT2D eigenvalue weighted by Crippen LogP contribution is -2.27. The molecule has 1 saturated carbocycles. The van der Waals surface area contributed by atoms with Crippen molar-refractivity contribution in [2.75, 3.05) is 0 Å². The summed E-state index contributed by atoms with van der Waals surface area (Å²) in [7, 11) is 0. The summed E-state index contributed by atoms with van der Waals surface area (Å²) in [6.45, 7) is 1.66. The van der Waals surface area contributed by atoms with Gasteiger partial charge in [-0.3, -0.25) is 0 Å². The summed E-state index contributed by atoms with van der Waals surface area (Å²) >= 11 is 0. The summed E-state index contributed by atoms with van der Waals surface area (Å²) in [5.41, 5.74) is -6.03. The van der Waals surface area contributed by atoms with E-state index in [-0.39, 0.29) is 33.9 Å². The third kappa shape index (κ3) is 6.77. The quantitative estimate of drug-likeness (QED) is 0.223. The number of hydrogen-bond donors (Lipinski definition) is 0. The average Bonchev–Trinajstić information content (AvgIpc) is 3.61. The predicted molar refractivity (Wildman–Crippen MR) is 187 cm³/mol. The van der Waals surface area contributed by atoms with E-state index in [4.69, 9.17) is 0 Å². The van der Waals surface area contributed by atoms with Crippen LogP contribution < -0.4 is 0 Å². The van der Waals surface area contributed by atoms with Gasteiger partial charge in [-0.05, 0) is 92.5 Å². The zero-order chi connectivity index (χ0) is 43.2. The van der Waals surface area contributed by atoms with Gasteiger partial charge in [0.1, 0.15) is 35.4 Å². The van der Waals surface area contributed by atoms with Crippen molar-refractivity contribution in [2.24, 2.45) is 23.2 Å². The Morgan fingerprint density at radius 1 is 0.644 bits per heavy atom. The largest absolute Gasteiger partial charge is 0.416 e. The summed E-state index contributed by atoms with van der Waals surface area (Å²) in [5, 5.41) is 40.4. The zero-order valence-corrected chi connectivity index (χ0v) is 29.8. The Labute approximate surface area is 327 Å². The highest BCUT2D eigenvalue weighted by molar-refractivity contribution is 5.90. The molecule has 59 heavy (non-hydrogen) atoms. The number of halogens is 12. The average molecular weight is 823 g/mol. The molecule has 2 aromatic rings. The molecular weight excluding hydrogens is 800 g/mol. The minimum absolute atomic E-state index is 0.0154. The van der Waals surface area contributed by atoms with Crippen LogP contribution in [-0.2, 0) is 12.4 Å². The summed E-state index contributed by atoms with van der Waals surface area (Å²) < 4.78 is 166. The first-order valence-electron chi connectivity index (χ1n) is 17.4. The fourth-order valence-electron chi connectivity index (χ4n) is 8.61. The van der Waals surface area contributed by atoms with Crippen molar-refractivity contribution in [1.29, 1.82) is 21.0 Å². The normalized spacial score (nSPS) is 24.7. The molecule has 1 fully saturated rings. The van der Waals surface area contributed by atoms with E-state index >= 15 is 0 Å². The molecule has 5 atom stereocenters. The van der Waals surface area contributed by atoms with Crippen molar-refractivity contribution in [1.82, 2.24) is 0 Å². The molecule has 0 aromatic heterocycles. The van der Waals surface area contributed by atoms with Gasteiger partial charge in [0.05, 0.1) is 17.0 Å². The van der Waals surface area contributed by atoms with E-state index < -0.39 is 99.2 Å². The lowest BCUT2D eigenvalue weighted by molar-refractivity contribution is -0.165. The molecule has 4 nitrogen and oxygen atoms in total. The van der Waals surface area contributed by atoms with Gasteiger partial charge in [-0.1, -0.05) is 55.5 Å². The molecule has 0 N–H and O–H groups in total. The number of allylic oxidation sites excluding steroid dienone is 16. The molecule has 5 aliphatic carbocycles. The first-order valence-corrected chi connectivity index (χ1v) is 17.4. The zero-order valence-electron chi connectivity index (χ0n) is 29.8. The lowest BCUT2D eigenvalue weighted by Gasteiger charge is -2.33. The summed E-state index contributed by atoms with van der Waals surface area (Å²) in [5.74, 6) is -5.11. The van der Waals surface area contributed by atoms with Crippen LogP contribution in [0.15, 0.2) is 112 Å². The Bertz CT molecular complexity index is 2600. The van der Waals surface area contributed by atoms with E-state index in [0.717, 1.165) is 0 Å². The Morgan fingerprint density at radius 3 is 1.78 bits per heavy atom. The smallest absolute Gasteiger partial charge is 0.192 e. The fourth-order valence-corrected chi connectivity index (χ4v) is 8.61. The van der Waals surface area contributed by atoms with Crippen molar-refractivity contribution in [3.8, 4) is 24.3 Å². The molecule has 0 heterocycles. The van der Waals surface area contributed by atoms with Gasteiger partial charge in [-0.2, -0.15) is 73.7 Å². The topological polar surface area (TPSA) is 95.2 Å². The SMILES string of the molecule is CC12C=CC(c3cc(C(F)(F)F)cc(C(F)(F)F)c3)=CC1C(=C(C#N)C#N)C1=CC3c4ccc(C5=CC(C(F)(F)F)CC(C(F)(F)F)=C5)cc4C(=C(C#N)C#N)C3C=C12. The maximum absolute atomic E-state index is 13.8. The van der Waals surface area contributed by atoms with E-state index in [1.165, 1.54) is 36.4 Å². The highest BCUT2D eigenvalue weighted by Crippen LogP contribution is 2.64. The molecule has 0 aliphatic heterocycles. The lowest BCUT2D eigenvalue weighted by atomic mass is 9.69. The van der Waals surface area contributed by atoms with Gasteiger partial charge < -0.3 is 0 Å². The van der Waals surface area contributed by atoms with E-state index in [2.05, 4.69) is 0 Å². The molecule has 16 heteroatoms. The van der Waals surface area contributed by atoms with Crippen LogP contribution in [0.2, 0.25) is 0 Å². The van der Waals surface area contributed by atoms with Gasteiger partial charge in [-0.25, -0.2) is 0 Å². The third-order valence-corrected chi connectivity index (χ3v) is 11.4.